The predicted octanol–water partition coefficient (Wildman–Crippen LogP) is 1.43. The van der Waals surface area contributed by atoms with Gasteiger partial charge in [-0.2, -0.15) is 0 Å². The van der Waals surface area contributed by atoms with Gasteiger partial charge in [-0.05, 0) is 20.3 Å². The molecule has 1 aliphatic rings. The van der Waals surface area contributed by atoms with Crippen molar-refractivity contribution < 1.29 is 4.74 Å². The van der Waals surface area contributed by atoms with Crippen LogP contribution in [0.5, 0.6) is 0 Å². The largest absolute Gasteiger partial charge is 0.374 e. The van der Waals surface area contributed by atoms with Crippen LogP contribution in [0, 0.1) is 18.3 Å². The summed E-state index contributed by atoms with van der Waals surface area (Å²) in [7, 11) is 0. The Bertz CT molecular complexity index is 141. The molecule has 0 saturated carbocycles. The molecule has 0 amide bonds. The molecule has 0 bridgehead atoms. The number of rotatable bonds is 0. The molecular formula is C8H12O. The summed E-state index contributed by atoms with van der Waals surface area (Å²) < 4.78 is 5.40. The van der Waals surface area contributed by atoms with Crippen molar-refractivity contribution in [3.8, 4) is 12.3 Å². The summed E-state index contributed by atoms with van der Waals surface area (Å²) in [6.45, 7) is 4.89. The average molecular weight is 124 g/mol. The first-order valence-electron chi connectivity index (χ1n) is 3.24. The smallest absolute Gasteiger partial charge is 0.0639 e. The van der Waals surface area contributed by atoms with Crippen molar-refractivity contribution >= 4 is 0 Å². The summed E-state index contributed by atoms with van der Waals surface area (Å²) in [5.74, 6) is 3.04. The minimum absolute atomic E-state index is 0.0248. The fraction of sp³-hybridized carbons (Fsp3) is 0.750. The molecule has 0 aliphatic carbocycles. The molecule has 1 nitrogen and oxygen atoms in total. The van der Waals surface area contributed by atoms with Crippen LogP contribution >= 0.6 is 0 Å². The van der Waals surface area contributed by atoms with E-state index in [2.05, 4.69) is 19.8 Å². The molecule has 0 aromatic carbocycles. The van der Waals surface area contributed by atoms with Crippen LogP contribution in [0.25, 0.3) is 0 Å². The van der Waals surface area contributed by atoms with Crippen LogP contribution in [0.2, 0.25) is 0 Å². The highest BCUT2D eigenvalue weighted by Crippen LogP contribution is 2.28. The first kappa shape index (κ1) is 6.64. The zero-order valence-corrected chi connectivity index (χ0v) is 5.98. The summed E-state index contributed by atoms with van der Waals surface area (Å²) >= 11 is 0. The Morgan fingerprint density at radius 2 is 2.33 bits per heavy atom. The summed E-state index contributed by atoms with van der Waals surface area (Å²) in [5, 5.41) is 0. The van der Waals surface area contributed by atoms with Crippen molar-refractivity contribution in [2.75, 3.05) is 6.61 Å². The SMILES string of the molecule is C#CC1COC(C)(C)C1. The molecular weight excluding hydrogens is 112 g/mol. The first-order chi connectivity index (χ1) is 4.14. The fourth-order valence-electron chi connectivity index (χ4n) is 1.14. The molecule has 1 aliphatic heterocycles. The van der Waals surface area contributed by atoms with E-state index in [-0.39, 0.29) is 5.60 Å². The lowest BCUT2D eigenvalue weighted by Crippen LogP contribution is -2.16. The monoisotopic (exact) mass is 124 g/mol. The standard InChI is InChI=1S/C8H12O/c1-4-7-5-8(2,3)9-6-7/h1,7H,5-6H2,2-3H3. The normalized spacial score (nSPS) is 31.9. The molecule has 0 radical (unpaired) electrons. The highest BCUT2D eigenvalue weighted by molar-refractivity contribution is 4.99. The number of hydrogen-bond donors (Lipinski definition) is 0. The van der Waals surface area contributed by atoms with Crippen LogP contribution in [-0.4, -0.2) is 12.2 Å². The van der Waals surface area contributed by atoms with Gasteiger partial charge in [-0.25, -0.2) is 0 Å². The highest BCUT2D eigenvalue weighted by atomic mass is 16.5. The van der Waals surface area contributed by atoms with Crippen LogP contribution in [0.4, 0.5) is 0 Å². The quantitative estimate of drug-likeness (QED) is 0.444. The van der Waals surface area contributed by atoms with E-state index in [0.717, 1.165) is 13.0 Å². The van der Waals surface area contributed by atoms with E-state index in [0.29, 0.717) is 5.92 Å². The summed E-state index contributed by atoms with van der Waals surface area (Å²) in [5.41, 5.74) is 0.0248. The molecule has 1 rings (SSSR count). The van der Waals surface area contributed by atoms with Crippen molar-refractivity contribution in [1.29, 1.82) is 0 Å². The van der Waals surface area contributed by atoms with Gasteiger partial charge in [0.15, 0.2) is 0 Å². The molecule has 50 valence electrons. The molecule has 1 atom stereocenters. The van der Waals surface area contributed by atoms with Gasteiger partial charge in [0, 0.05) is 5.92 Å². The minimum Gasteiger partial charge on any atom is -0.374 e. The average Bonchev–Trinajstić information content (AvgIpc) is 2.10. The zero-order chi connectivity index (χ0) is 6.91. The van der Waals surface area contributed by atoms with Crippen LogP contribution < -0.4 is 0 Å². The molecule has 0 spiro atoms. The molecule has 1 heterocycles. The molecule has 0 aromatic heterocycles. The van der Waals surface area contributed by atoms with Crippen LogP contribution in [-0.2, 0) is 4.74 Å². The molecule has 1 fully saturated rings. The second-order valence-corrected chi connectivity index (χ2v) is 3.14. The molecule has 0 aromatic rings. The van der Waals surface area contributed by atoms with Gasteiger partial charge in [0.05, 0.1) is 12.2 Å². The van der Waals surface area contributed by atoms with E-state index < -0.39 is 0 Å². The number of ether oxygens (including phenoxy) is 1. The Hall–Kier alpha value is -0.480. The Kier molecular flexibility index (Phi) is 1.50. The Labute approximate surface area is 56.4 Å². The van der Waals surface area contributed by atoms with Gasteiger partial charge >= 0.3 is 0 Å². The number of hydrogen-bond acceptors (Lipinski definition) is 1. The van der Waals surface area contributed by atoms with Gasteiger partial charge in [-0.15, -0.1) is 12.3 Å². The maximum atomic E-state index is 5.40. The summed E-state index contributed by atoms with van der Waals surface area (Å²) in [6, 6.07) is 0. The van der Waals surface area contributed by atoms with Crippen LogP contribution in [0.3, 0.4) is 0 Å². The maximum Gasteiger partial charge on any atom is 0.0639 e. The van der Waals surface area contributed by atoms with E-state index in [1.807, 2.05) is 0 Å². The third kappa shape index (κ3) is 1.46. The van der Waals surface area contributed by atoms with Crippen molar-refractivity contribution in [3.63, 3.8) is 0 Å². The van der Waals surface area contributed by atoms with Gasteiger partial charge in [0.2, 0.25) is 0 Å². The fourth-order valence-corrected chi connectivity index (χ4v) is 1.14. The third-order valence-electron chi connectivity index (χ3n) is 1.65. The topological polar surface area (TPSA) is 9.23 Å². The van der Waals surface area contributed by atoms with Gasteiger partial charge in [-0.3, -0.25) is 0 Å². The van der Waals surface area contributed by atoms with Crippen molar-refractivity contribution in [3.05, 3.63) is 0 Å². The highest BCUT2D eigenvalue weighted by Gasteiger charge is 2.30. The Morgan fingerprint density at radius 3 is 2.56 bits per heavy atom. The van der Waals surface area contributed by atoms with Crippen molar-refractivity contribution in [1.82, 2.24) is 0 Å². The van der Waals surface area contributed by atoms with Gasteiger partial charge in [0.1, 0.15) is 0 Å². The Balaban J connectivity index is 2.50. The van der Waals surface area contributed by atoms with E-state index >= 15 is 0 Å². The third-order valence-corrected chi connectivity index (χ3v) is 1.65. The lowest BCUT2D eigenvalue weighted by molar-refractivity contribution is 0.0358. The maximum absolute atomic E-state index is 5.40. The number of terminal acetylenes is 1. The van der Waals surface area contributed by atoms with Crippen LogP contribution in [0.15, 0.2) is 0 Å². The van der Waals surface area contributed by atoms with Gasteiger partial charge < -0.3 is 4.74 Å². The minimum atomic E-state index is 0.0248. The first-order valence-corrected chi connectivity index (χ1v) is 3.24. The zero-order valence-electron chi connectivity index (χ0n) is 5.98. The lowest BCUT2D eigenvalue weighted by atomic mass is 9.99. The summed E-state index contributed by atoms with van der Waals surface area (Å²) in [4.78, 5) is 0. The van der Waals surface area contributed by atoms with E-state index in [4.69, 9.17) is 11.2 Å². The molecule has 9 heavy (non-hydrogen) atoms. The second kappa shape index (κ2) is 2.04. The lowest BCUT2D eigenvalue weighted by Gasteiger charge is -2.14. The van der Waals surface area contributed by atoms with E-state index in [1.54, 1.807) is 0 Å². The molecule has 1 heteroatoms. The van der Waals surface area contributed by atoms with E-state index in [1.165, 1.54) is 0 Å². The van der Waals surface area contributed by atoms with Crippen LogP contribution in [0.1, 0.15) is 20.3 Å². The van der Waals surface area contributed by atoms with E-state index in [9.17, 15) is 0 Å². The second-order valence-electron chi connectivity index (χ2n) is 3.14. The predicted molar refractivity (Wildman–Crippen MR) is 37.0 cm³/mol. The van der Waals surface area contributed by atoms with Crippen molar-refractivity contribution in [2.45, 2.75) is 25.9 Å². The Morgan fingerprint density at radius 1 is 1.67 bits per heavy atom. The molecule has 0 N–H and O–H groups in total. The molecule has 1 saturated heterocycles. The summed E-state index contributed by atoms with van der Waals surface area (Å²) in [6.07, 6.45) is 6.23. The molecule has 1 unspecified atom stereocenters. The van der Waals surface area contributed by atoms with Gasteiger partial charge in [-0.1, -0.05) is 0 Å². The van der Waals surface area contributed by atoms with Crippen molar-refractivity contribution in [2.24, 2.45) is 5.92 Å². The van der Waals surface area contributed by atoms with Gasteiger partial charge in [0.25, 0.3) is 0 Å².